The lowest BCUT2D eigenvalue weighted by molar-refractivity contribution is -0.140. The summed E-state index contributed by atoms with van der Waals surface area (Å²) in [6, 6.07) is 0. The lowest BCUT2D eigenvalue weighted by atomic mass is 10.1. The largest absolute Gasteiger partial charge is 0.326 e. The van der Waals surface area contributed by atoms with Gasteiger partial charge < -0.3 is 4.90 Å². The minimum absolute atomic E-state index is 0.300. The van der Waals surface area contributed by atoms with E-state index in [-0.39, 0.29) is 0 Å². The molecule has 0 unspecified atom stereocenters. The second kappa shape index (κ2) is 2.83. The minimum atomic E-state index is 0.300. The first-order chi connectivity index (χ1) is 5.31. The molecule has 1 atom stereocenters. The van der Waals surface area contributed by atoms with Crippen LogP contribution in [0.25, 0.3) is 0 Å². The SMILES string of the molecule is O=C1C[C@@H]2SC=C(CBr)CN12. The molecule has 2 rings (SSSR count). The van der Waals surface area contributed by atoms with Crippen LogP contribution in [0.3, 0.4) is 0 Å². The average molecular weight is 234 g/mol. The highest BCUT2D eigenvalue weighted by Crippen LogP contribution is 2.35. The van der Waals surface area contributed by atoms with Crippen LogP contribution in [-0.2, 0) is 4.79 Å². The van der Waals surface area contributed by atoms with Crippen molar-refractivity contribution in [1.29, 1.82) is 0 Å². The van der Waals surface area contributed by atoms with Crippen LogP contribution in [0.4, 0.5) is 0 Å². The highest BCUT2D eigenvalue weighted by atomic mass is 79.9. The van der Waals surface area contributed by atoms with Crippen LogP contribution in [-0.4, -0.2) is 28.1 Å². The number of nitrogens with zero attached hydrogens (tertiary/aromatic N) is 1. The normalized spacial score (nSPS) is 29.2. The number of carbonyl (C=O) groups is 1. The average Bonchev–Trinajstić information content (AvgIpc) is 2.03. The number of thioether (sulfide) groups is 1. The Labute approximate surface area is 78.1 Å². The molecule has 0 aromatic carbocycles. The summed E-state index contributed by atoms with van der Waals surface area (Å²) in [5.74, 6) is 0.300. The minimum Gasteiger partial charge on any atom is -0.326 e. The molecule has 2 nitrogen and oxygen atoms in total. The molecule has 0 aromatic rings. The van der Waals surface area contributed by atoms with Crippen LogP contribution in [0.2, 0.25) is 0 Å². The quantitative estimate of drug-likeness (QED) is 0.507. The van der Waals surface area contributed by atoms with Crippen molar-refractivity contribution in [2.45, 2.75) is 11.8 Å². The number of amides is 1. The van der Waals surface area contributed by atoms with Gasteiger partial charge in [0.05, 0.1) is 11.8 Å². The van der Waals surface area contributed by atoms with Crippen LogP contribution >= 0.6 is 27.7 Å². The van der Waals surface area contributed by atoms with Gasteiger partial charge in [-0.25, -0.2) is 0 Å². The Morgan fingerprint density at radius 1 is 1.82 bits per heavy atom. The number of hydrogen-bond donors (Lipinski definition) is 0. The van der Waals surface area contributed by atoms with E-state index in [1.54, 1.807) is 11.8 Å². The van der Waals surface area contributed by atoms with Crippen molar-refractivity contribution >= 4 is 33.6 Å². The second-order valence-corrected chi connectivity index (χ2v) is 4.34. The molecule has 1 saturated heterocycles. The third-order valence-electron chi connectivity index (χ3n) is 1.95. The molecule has 4 heteroatoms. The molecule has 1 amide bonds. The van der Waals surface area contributed by atoms with Gasteiger partial charge in [0.15, 0.2) is 0 Å². The summed E-state index contributed by atoms with van der Waals surface area (Å²) in [4.78, 5) is 12.9. The number of rotatable bonds is 1. The van der Waals surface area contributed by atoms with E-state index in [1.807, 2.05) is 4.90 Å². The Morgan fingerprint density at radius 3 is 3.27 bits per heavy atom. The van der Waals surface area contributed by atoms with E-state index in [0.29, 0.717) is 11.3 Å². The van der Waals surface area contributed by atoms with E-state index in [9.17, 15) is 4.79 Å². The highest BCUT2D eigenvalue weighted by molar-refractivity contribution is 9.09. The molecule has 0 bridgehead atoms. The van der Waals surface area contributed by atoms with Crippen LogP contribution in [0.5, 0.6) is 0 Å². The Balaban J connectivity index is 2.07. The molecule has 2 heterocycles. The summed E-state index contributed by atoms with van der Waals surface area (Å²) in [5, 5.41) is 3.50. The fraction of sp³-hybridized carbons (Fsp3) is 0.571. The zero-order chi connectivity index (χ0) is 7.84. The van der Waals surface area contributed by atoms with Gasteiger partial charge in [-0.05, 0) is 11.0 Å². The molecule has 0 aliphatic carbocycles. The smallest absolute Gasteiger partial charge is 0.226 e. The number of halogens is 1. The number of hydrogen-bond acceptors (Lipinski definition) is 2. The van der Waals surface area contributed by atoms with Crippen LogP contribution < -0.4 is 0 Å². The van der Waals surface area contributed by atoms with Crippen LogP contribution in [0.15, 0.2) is 11.0 Å². The molecular formula is C7H8BrNOS. The molecule has 60 valence electrons. The fourth-order valence-corrected chi connectivity index (χ4v) is 2.88. The maximum Gasteiger partial charge on any atom is 0.226 e. The Hall–Kier alpha value is 0.0400. The van der Waals surface area contributed by atoms with Gasteiger partial charge in [0, 0.05) is 11.9 Å². The maximum atomic E-state index is 11.0. The summed E-state index contributed by atoms with van der Waals surface area (Å²) < 4.78 is 0. The highest BCUT2D eigenvalue weighted by Gasteiger charge is 2.38. The van der Waals surface area contributed by atoms with E-state index in [4.69, 9.17) is 0 Å². The topological polar surface area (TPSA) is 20.3 Å². The summed E-state index contributed by atoms with van der Waals surface area (Å²) in [5.41, 5.74) is 1.30. The summed E-state index contributed by atoms with van der Waals surface area (Å²) >= 11 is 5.15. The molecule has 0 spiro atoms. The molecule has 1 fully saturated rings. The van der Waals surface area contributed by atoms with Crippen molar-refractivity contribution < 1.29 is 4.79 Å². The number of fused-ring (bicyclic) bond motifs is 1. The van der Waals surface area contributed by atoms with E-state index < -0.39 is 0 Å². The Kier molecular flexibility index (Phi) is 1.97. The summed E-state index contributed by atoms with van der Waals surface area (Å²) in [6.45, 7) is 0.835. The third kappa shape index (κ3) is 1.22. The van der Waals surface area contributed by atoms with Crippen molar-refractivity contribution in [2.75, 3.05) is 11.9 Å². The van der Waals surface area contributed by atoms with Crippen molar-refractivity contribution in [3.8, 4) is 0 Å². The van der Waals surface area contributed by atoms with Gasteiger partial charge in [0.2, 0.25) is 5.91 Å². The van der Waals surface area contributed by atoms with Crippen molar-refractivity contribution in [1.82, 2.24) is 4.90 Å². The second-order valence-electron chi connectivity index (χ2n) is 2.73. The van der Waals surface area contributed by atoms with Crippen molar-refractivity contribution in [2.24, 2.45) is 0 Å². The Bertz CT molecular complexity index is 228. The Morgan fingerprint density at radius 2 is 2.64 bits per heavy atom. The maximum absolute atomic E-state index is 11.0. The van der Waals surface area contributed by atoms with Crippen LogP contribution in [0, 0.1) is 0 Å². The predicted octanol–water partition coefficient (Wildman–Crippen LogP) is 1.57. The van der Waals surface area contributed by atoms with Gasteiger partial charge in [-0.2, -0.15) is 0 Å². The molecule has 0 aromatic heterocycles. The van der Waals surface area contributed by atoms with E-state index in [0.717, 1.165) is 18.3 Å². The molecule has 0 radical (unpaired) electrons. The molecule has 0 N–H and O–H groups in total. The van der Waals surface area contributed by atoms with E-state index >= 15 is 0 Å². The van der Waals surface area contributed by atoms with Gasteiger partial charge in [-0.15, -0.1) is 11.8 Å². The number of carbonyl (C=O) groups excluding carboxylic acids is 1. The predicted molar refractivity (Wildman–Crippen MR) is 49.6 cm³/mol. The van der Waals surface area contributed by atoms with Gasteiger partial charge in [0.25, 0.3) is 0 Å². The van der Waals surface area contributed by atoms with Gasteiger partial charge in [0.1, 0.15) is 0 Å². The molecule has 0 saturated carbocycles. The third-order valence-corrected chi connectivity index (χ3v) is 3.88. The number of β-lactam (4-membered cyclic amide) rings is 1. The van der Waals surface area contributed by atoms with E-state index in [1.165, 1.54) is 5.57 Å². The first-order valence-corrected chi connectivity index (χ1v) is 5.56. The molecular weight excluding hydrogens is 226 g/mol. The first-order valence-electron chi connectivity index (χ1n) is 3.50. The lowest BCUT2D eigenvalue weighted by Crippen LogP contribution is -2.52. The summed E-state index contributed by atoms with van der Waals surface area (Å²) in [6.07, 6.45) is 0.733. The monoisotopic (exact) mass is 233 g/mol. The lowest BCUT2D eigenvalue weighted by Gasteiger charge is -2.42. The number of alkyl halides is 1. The van der Waals surface area contributed by atoms with Gasteiger partial charge in [-0.1, -0.05) is 15.9 Å². The summed E-state index contributed by atoms with van der Waals surface area (Å²) in [7, 11) is 0. The standard InChI is InChI=1S/C7H8BrNOS/c8-2-5-3-9-6(10)1-7(9)11-4-5/h4,7H,1-3H2/t7-/m0/s1. The zero-order valence-corrected chi connectivity index (χ0v) is 8.32. The van der Waals surface area contributed by atoms with Crippen LogP contribution in [0.1, 0.15) is 6.42 Å². The van der Waals surface area contributed by atoms with E-state index in [2.05, 4.69) is 21.3 Å². The first kappa shape index (κ1) is 7.68. The van der Waals surface area contributed by atoms with Gasteiger partial charge in [-0.3, -0.25) is 4.79 Å². The molecule has 2 aliphatic rings. The fourth-order valence-electron chi connectivity index (χ4n) is 1.24. The molecule has 11 heavy (non-hydrogen) atoms. The van der Waals surface area contributed by atoms with Crippen molar-refractivity contribution in [3.63, 3.8) is 0 Å². The van der Waals surface area contributed by atoms with Gasteiger partial charge >= 0.3 is 0 Å². The zero-order valence-electron chi connectivity index (χ0n) is 5.92. The molecule has 2 aliphatic heterocycles. The van der Waals surface area contributed by atoms with Crippen molar-refractivity contribution in [3.05, 3.63) is 11.0 Å².